The molecule has 1 aliphatic heterocycles. The van der Waals surface area contributed by atoms with Gasteiger partial charge in [-0.05, 0) is 87.4 Å². The van der Waals surface area contributed by atoms with Crippen LogP contribution in [0.4, 0.5) is 5.69 Å². The third kappa shape index (κ3) is 5.55. The number of anilines is 1. The van der Waals surface area contributed by atoms with Gasteiger partial charge in [0.05, 0.1) is 15.9 Å². The van der Waals surface area contributed by atoms with Crippen molar-refractivity contribution < 1.29 is 17.9 Å². The molecule has 0 spiro atoms. The van der Waals surface area contributed by atoms with Gasteiger partial charge in [0.25, 0.3) is 5.91 Å². The van der Waals surface area contributed by atoms with Crippen LogP contribution < -0.4 is 10.1 Å². The van der Waals surface area contributed by atoms with E-state index in [0.717, 1.165) is 16.9 Å². The summed E-state index contributed by atoms with van der Waals surface area (Å²) >= 11 is 5.91. The van der Waals surface area contributed by atoms with Crippen LogP contribution >= 0.6 is 11.6 Å². The molecular weight excluding hydrogens is 524 g/mol. The molecule has 1 fully saturated rings. The second kappa shape index (κ2) is 10.4. The number of aromatic amines is 1. The molecule has 0 radical (unpaired) electrons. The lowest BCUT2D eigenvalue weighted by atomic mass is 9.97. The molecule has 0 unspecified atom stereocenters. The zero-order valence-corrected chi connectivity index (χ0v) is 22.7. The van der Waals surface area contributed by atoms with Crippen LogP contribution in [0.2, 0.25) is 5.02 Å². The minimum atomic E-state index is -3.66. The molecule has 4 aromatic rings. The highest BCUT2D eigenvalue weighted by Gasteiger charge is 2.32. The molecule has 1 saturated heterocycles. The van der Waals surface area contributed by atoms with Crippen LogP contribution in [0.15, 0.2) is 77.7 Å². The number of nitrogens with zero attached hydrogens (tertiary/aromatic N) is 2. The van der Waals surface area contributed by atoms with Crippen molar-refractivity contribution in [3.63, 3.8) is 0 Å². The van der Waals surface area contributed by atoms with Gasteiger partial charge in [-0.15, -0.1) is 0 Å². The standard InChI is InChI=1S/C28H29ClN4O4S/c1-28(2,37-22-11-7-20(29)8-12-22)27(34)30-21-9-13-23(14-10-21)38(35,36)33-17-15-19(16-18-33)26-31-24-5-3-4-6-25(24)32-26/h3-14,19H,15-18H2,1-2H3,(H,30,34)(H,31,32). The van der Waals surface area contributed by atoms with Crippen molar-refractivity contribution in [2.24, 2.45) is 0 Å². The number of sulfonamides is 1. The lowest BCUT2D eigenvalue weighted by Crippen LogP contribution is -2.42. The van der Waals surface area contributed by atoms with Gasteiger partial charge >= 0.3 is 0 Å². The van der Waals surface area contributed by atoms with E-state index in [0.29, 0.717) is 42.4 Å². The summed E-state index contributed by atoms with van der Waals surface area (Å²) in [4.78, 5) is 21.1. The number of carbonyl (C=O) groups excluding carboxylic acids is 1. The lowest BCUT2D eigenvalue weighted by Gasteiger charge is -2.30. The third-order valence-electron chi connectivity index (χ3n) is 6.73. The number of halogens is 1. The van der Waals surface area contributed by atoms with Gasteiger partial charge in [0, 0.05) is 29.7 Å². The van der Waals surface area contributed by atoms with Crippen molar-refractivity contribution in [1.29, 1.82) is 0 Å². The van der Waals surface area contributed by atoms with E-state index in [9.17, 15) is 13.2 Å². The quantitative estimate of drug-likeness (QED) is 0.311. The minimum absolute atomic E-state index is 0.185. The maximum Gasteiger partial charge on any atom is 0.267 e. The van der Waals surface area contributed by atoms with E-state index in [-0.39, 0.29) is 16.7 Å². The van der Waals surface area contributed by atoms with E-state index in [1.165, 1.54) is 16.4 Å². The van der Waals surface area contributed by atoms with Gasteiger partial charge in [-0.2, -0.15) is 4.31 Å². The van der Waals surface area contributed by atoms with E-state index in [1.54, 1.807) is 50.2 Å². The Balaban J connectivity index is 1.20. The Labute approximate surface area is 227 Å². The van der Waals surface area contributed by atoms with Gasteiger partial charge < -0.3 is 15.0 Å². The molecule has 2 heterocycles. The van der Waals surface area contributed by atoms with E-state index < -0.39 is 15.6 Å². The maximum atomic E-state index is 13.3. The van der Waals surface area contributed by atoms with Crippen LogP contribution in [0, 0.1) is 0 Å². The first kappa shape index (κ1) is 26.2. The summed E-state index contributed by atoms with van der Waals surface area (Å²) in [7, 11) is -3.66. The first-order chi connectivity index (χ1) is 18.1. The van der Waals surface area contributed by atoms with Crippen molar-refractivity contribution >= 4 is 44.3 Å². The molecule has 1 aromatic heterocycles. The number of fused-ring (bicyclic) bond motifs is 1. The summed E-state index contributed by atoms with van der Waals surface area (Å²) in [5.41, 5.74) is 1.22. The molecule has 8 nitrogen and oxygen atoms in total. The highest BCUT2D eigenvalue weighted by atomic mass is 35.5. The van der Waals surface area contributed by atoms with Gasteiger partial charge in [-0.3, -0.25) is 4.79 Å². The summed E-state index contributed by atoms with van der Waals surface area (Å²) in [6.07, 6.45) is 1.38. The van der Waals surface area contributed by atoms with Crippen LogP contribution in [0.25, 0.3) is 11.0 Å². The highest BCUT2D eigenvalue weighted by molar-refractivity contribution is 7.89. The number of para-hydroxylation sites is 2. The number of hydrogen-bond acceptors (Lipinski definition) is 5. The number of rotatable bonds is 7. The molecule has 0 atom stereocenters. The number of ether oxygens (including phenoxy) is 1. The maximum absolute atomic E-state index is 13.3. The fourth-order valence-electron chi connectivity index (χ4n) is 4.52. The third-order valence-corrected chi connectivity index (χ3v) is 8.90. The molecule has 1 amide bonds. The van der Waals surface area contributed by atoms with Crippen molar-refractivity contribution in [2.45, 2.75) is 43.1 Å². The van der Waals surface area contributed by atoms with Gasteiger partial charge in [0.1, 0.15) is 11.6 Å². The molecule has 0 aliphatic carbocycles. The number of piperidine rings is 1. The molecule has 1 aliphatic rings. The number of imidazole rings is 1. The predicted octanol–water partition coefficient (Wildman–Crippen LogP) is 5.58. The van der Waals surface area contributed by atoms with Crippen molar-refractivity contribution in [3.8, 4) is 5.75 Å². The zero-order valence-electron chi connectivity index (χ0n) is 21.1. The largest absolute Gasteiger partial charge is 0.478 e. The molecule has 5 rings (SSSR count). The fourth-order valence-corrected chi connectivity index (χ4v) is 6.12. The second-order valence-electron chi connectivity index (χ2n) is 9.86. The molecule has 0 bridgehead atoms. The molecule has 38 heavy (non-hydrogen) atoms. The minimum Gasteiger partial charge on any atom is -0.478 e. The van der Waals surface area contributed by atoms with Crippen LogP contribution in [-0.2, 0) is 14.8 Å². The number of amides is 1. The van der Waals surface area contributed by atoms with Gasteiger partial charge in [-0.1, -0.05) is 23.7 Å². The zero-order chi connectivity index (χ0) is 26.9. The van der Waals surface area contributed by atoms with Crippen LogP contribution in [0.1, 0.15) is 38.4 Å². The molecule has 0 saturated carbocycles. The monoisotopic (exact) mass is 552 g/mol. The lowest BCUT2D eigenvalue weighted by molar-refractivity contribution is -0.128. The average molecular weight is 553 g/mol. The Morgan fingerprint density at radius 1 is 1.03 bits per heavy atom. The van der Waals surface area contributed by atoms with Crippen molar-refractivity contribution in [3.05, 3.63) is 83.6 Å². The number of H-pyrrole nitrogens is 1. The van der Waals surface area contributed by atoms with Gasteiger partial charge in [0.15, 0.2) is 5.60 Å². The van der Waals surface area contributed by atoms with Crippen molar-refractivity contribution in [2.75, 3.05) is 18.4 Å². The number of aromatic nitrogens is 2. The number of nitrogens with one attached hydrogen (secondary N) is 2. The number of carbonyl (C=O) groups is 1. The molecule has 2 N–H and O–H groups in total. The average Bonchev–Trinajstić information content (AvgIpc) is 3.35. The normalized spacial score (nSPS) is 15.4. The van der Waals surface area contributed by atoms with Gasteiger partial charge in [0.2, 0.25) is 10.0 Å². The Hall–Kier alpha value is -3.40. The summed E-state index contributed by atoms with van der Waals surface area (Å²) in [6, 6.07) is 20.8. The summed E-state index contributed by atoms with van der Waals surface area (Å²) in [6.45, 7) is 4.15. The molecular formula is C28H29ClN4O4S. The Kier molecular flexibility index (Phi) is 7.17. The number of hydrogen-bond donors (Lipinski definition) is 2. The second-order valence-corrected chi connectivity index (χ2v) is 12.2. The summed E-state index contributed by atoms with van der Waals surface area (Å²) < 4.78 is 33.9. The fraction of sp³-hybridized carbons (Fsp3) is 0.286. The smallest absolute Gasteiger partial charge is 0.267 e. The predicted molar refractivity (Wildman–Crippen MR) is 148 cm³/mol. The van der Waals surface area contributed by atoms with Gasteiger partial charge in [-0.25, -0.2) is 13.4 Å². The van der Waals surface area contributed by atoms with Crippen LogP contribution in [0.5, 0.6) is 5.75 Å². The first-order valence-corrected chi connectivity index (χ1v) is 14.2. The number of benzene rings is 3. The Morgan fingerprint density at radius 2 is 1.68 bits per heavy atom. The molecule has 10 heteroatoms. The highest BCUT2D eigenvalue weighted by Crippen LogP contribution is 2.31. The topological polar surface area (TPSA) is 104 Å². The van der Waals surface area contributed by atoms with Crippen LogP contribution in [0.3, 0.4) is 0 Å². The van der Waals surface area contributed by atoms with E-state index >= 15 is 0 Å². The first-order valence-electron chi connectivity index (χ1n) is 12.4. The molecule has 198 valence electrons. The Morgan fingerprint density at radius 3 is 2.34 bits per heavy atom. The van der Waals surface area contributed by atoms with Crippen LogP contribution in [-0.4, -0.2) is 47.3 Å². The van der Waals surface area contributed by atoms with E-state index in [1.807, 2.05) is 24.3 Å². The summed E-state index contributed by atoms with van der Waals surface area (Å²) in [5.74, 6) is 1.24. The van der Waals surface area contributed by atoms with E-state index in [4.69, 9.17) is 16.3 Å². The van der Waals surface area contributed by atoms with E-state index in [2.05, 4.69) is 15.3 Å². The SMILES string of the molecule is CC(C)(Oc1ccc(Cl)cc1)C(=O)Nc1ccc(S(=O)(=O)N2CCC(c3nc4ccccc4[nH]3)CC2)cc1. The Bertz CT molecular complexity index is 1510. The van der Waals surface area contributed by atoms with Crippen molar-refractivity contribution in [1.82, 2.24) is 14.3 Å². The molecule has 3 aromatic carbocycles. The summed E-state index contributed by atoms with van der Waals surface area (Å²) in [5, 5.41) is 3.37.